The molecule has 0 saturated heterocycles. The van der Waals surface area contributed by atoms with Gasteiger partial charge in [-0.2, -0.15) is 0 Å². The topological polar surface area (TPSA) is 73.1 Å². The summed E-state index contributed by atoms with van der Waals surface area (Å²) < 4.78 is 6.39. The predicted molar refractivity (Wildman–Crippen MR) is 91.3 cm³/mol. The van der Waals surface area contributed by atoms with E-state index in [9.17, 15) is 0 Å². The van der Waals surface area contributed by atoms with E-state index >= 15 is 0 Å². The molecule has 1 aromatic carbocycles. The van der Waals surface area contributed by atoms with E-state index in [0.717, 1.165) is 27.0 Å². The van der Waals surface area contributed by atoms with E-state index in [1.807, 2.05) is 6.07 Å². The number of alkyl halides is 1. The van der Waals surface area contributed by atoms with E-state index in [4.69, 9.17) is 33.7 Å². The van der Waals surface area contributed by atoms with Crippen LogP contribution in [0.5, 0.6) is 5.75 Å². The quantitative estimate of drug-likeness (QED) is 0.765. The first-order valence-corrected chi connectivity index (χ1v) is 8.35. The van der Waals surface area contributed by atoms with Crippen molar-refractivity contribution in [1.29, 1.82) is 0 Å². The monoisotopic (exact) mass is 402 g/mol. The predicted octanol–water partition coefficient (Wildman–Crippen LogP) is 3.36. The third-order valence-electron chi connectivity index (χ3n) is 3.32. The number of rotatable bonds is 4. The maximum atomic E-state index is 6.39. The van der Waals surface area contributed by atoms with Crippen molar-refractivity contribution in [3.05, 3.63) is 32.9 Å². The SMILES string of the molecule is Nc1nc2c(c(-c3cc(OCCCl)c(Br)cc3Cl)n1)CNC2. The van der Waals surface area contributed by atoms with Gasteiger partial charge in [0.05, 0.1) is 26.8 Å². The third-order valence-corrected chi connectivity index (χ3v) is 4.40. The van der Waals surface area contributed by atoms with Crippen molar-refractivity contribution >= 4 is 45.1 Å². The summed E-state index contributed by atoms with van der Waals surface area (Å²) in [7, 11) is 0. The molecule has 5 nitrogen and oxygen atoms in total. The average molecular weight is 404 g/mol. The van der Waals surface area contributed by atoms with Crippen LogP contribution in [0.15, 0.2) is 16.6 Å². The van der Waals surface area contributed by atoms with Gasteiger partial charge in [0.1, 0.15) is 12.4 Å². The van der Waals surface area contributed by atoms with Gasteiger partial charge in [-0.15, -0.1) is 11.6 Å². The molecule has 0 fully saturated rings. The van der Waals surface area contributed by atoms with E-state index in [1.54, 1.807) is 6.07 Å². The third kappa shape index (κ3) is 3.01. The molecule has 0 saturated carbocycles. The molecule has 1 aliphatic rings. The number of halogens is 3. The van der Waals surface area contributed by atoms with Crippen LogP contribution in [-0.4, -0.2) is 22.5 Å². The number of ether oxygens (including phenoxy) is 1. The number of fused-ring (bicyclic) bond motifs is 1. The number of benzene rings is 1. The summed E-state index contributed by atoms with van der Waals surface area (Å²) in [5.41, 5.74) is 9.24. The Morgan fingerprint density at radius 1 is 1.32 bits per heavy atom. The van der Waals surface area contributed by atoms with Crippen LogP contribution in [0.25, 0.3) is 11.3 Å². The largest absolute Gasteiger partial charge is 0.491 e. The minimum atomic E-state index is 0.236. The van der Waals surface area contributed by atoms with Crippen molar-refractivity contribution in [1.82, 2.24) is 15.3 Å². The fraction of sp³-hybridized carbons (Fsp3) is 0.286. The lowest BCUT2D eigenvalue weighted by Crippen LogP contribution is -2.04. The van der Waals surface area contributed by atoms with Crippen molar-refractivity contribution in [2.24, 2.45) is 0 Å². The highest BCUT2D eigenvalue weighted by Gasteiger charge is 2.22. The molecule has 0 amide bonds. The second-order valence-electron chi connectivity index (χ2n) is 4.76. The zero-order valence-electron chi connectivity index (χ0n) is 11.5. The Kier molecular flexibility index (Phi) is 4.73. The molecule has 3 rings (SSSR count). The molecular formula is C14H13BrCl2N4O. The summed E-state index contributed by atoms with van der Waals surface area (Å²) in [5.74, 6) is 1.31. The van der Waals surface area contributed by atoms with E-state index in [0.29, 0.717) is 36.3 Å². The van der Waals surface area contributed by atoms with Crippen LogP contribution in [0.3, 0.4) is 0 Å². The molecule has 1 aliphatic heterocycles. The van der Waals surface area contributed by atoms with E-state index in [1.165, 1.54) is 0 Å². The maximum Gasteiger partial charge on any atom is 0.220 e. The van der Waals surface area contributed by atoms with Crippen molar-refractivity contribution < 1.29 is 4.74 Å². The molecule has 22 heavy (non-hydrogen) atoms. The Labute approximate surface area is 146 Å². The minimum absolute atomic E-state index is 0.236. The van der Waals surface area contributed by atoms with Crippen LogP contribution in [0.1, 0.15) is 11.3 Å². The molecule has 1 aromatic heterocycles. The highest BCUT2D eigenvalue weighted by molar-refractivity contribution is 9.10. The Morgan fingerprint density at radius 2 is 2.14 bits per heavy atom. The lowest BCUT2D eigenvalue weighted by atomic mass is 10.1. The normalized spacial score (nSPS) is 13.2. The molecule has 2 aromatic rings. The molecule has 2 heterocycles. The van der Waals surface area contributed by atoms with Crippen LogP contribution in [0.4, 0.5) is 5.95 Å². The Balaban J connectivity index is 2.12. The summed E-state index contributed by atoms with van der Waals surface area (Å²) in [4.78, 5) is 8.63. The second kappa shape index (κ2) is 6.58. The van der Waals surface area contributed by atoms with Crippen LogP contribution < -0.4 is 15.8 Å². The molecular weight excluding hydrogens is 391 g/mol. The van der Waals surface area contributed by atoms with Crippen LogP contribution >= 0.6 is 39.1 Å². The van der Waals surface area contributed by atoms with Crippen molar-refractivity contribution in [2.75, 3.05) is 18.2 Å². The van der Waals surface area contributed by atoms with Crippen LogP contribution in [0.2, 0.25) is 5.02 Å². The first-order valence-electron chi connectivity index (χ1n) is 6.64. The van der Waals surface area contributed by atoms with Crippen LogP contribution in [-0.2, 0) is 13.1 Å². The number of nitrogens with two attached hydrogens (primary N) is 1. The number of anilines is 1. The van der Waals surface area contributed by atoms with Gasteiger partial charge in [0.2, 0.25) is 5.95 Å². The highest BCUT2D eigenvalue weighted by atomic mass is 79.9. The van der Waals surface area contributed by atoms with E-state index < -0.39 is 0 Å². The second-order valence-corrected chi connectivity index (χ2v) is 6.40. The Morgan fingerprint density at radius 3 is 2.91 bits per heavy atom. The molecule has 3 N–H and O–H groups in total. The standard InChI is InChI=1S/C14H13BrCl2N4O/c15-9-4-10(17)7(3-12(9)22-2-1-16)13-8-5-19-6-11(8)20-14(18)21-13/h3-4,19H,1-2,5-6H2,(H2,18,20,21). The molecule has 0 aliphatic carbocycles. The minimum Gasteiger partial charge on any atom is -0.491 e. The molecule has 8 heteroatoms. The van der Waals surface area contributed by atoms with Gasteiger partial charge >= 0.3 is 0 Å². The van der Waals surface area contributed by atoms with E-state index in [-0.39, 0.29) is 5.95 Å². The van der Waals surface area contributed by atoms with Gasteiger partial charge in [-0.05, 0) is 28.1 Å². The molecule has 0 unspecified atom stereocenters. The van der Waals surface area contributed by atoms with Crippen molar-refractivity contribution in [3.8, 4) is 17.0 Å². The molecule has 0 atom stereocenters. The smallest absolute Gasteiger partial charge is 0.220 e. The summed E-state index contributed by atoms with van der Waals surface area (Å²) in [6.07, 6.45) is 0. The van der Waals surface area contributed by atoms with Crippen LogP contribution in [0, 0.1) is 0 Å². The molecule has 116 valence electrons. The number of nitrogens with one attached hydrogen (secondary N) is 1. The van der Waals surface area contributed by atoms with Gasteiger partial charge in [0, 0.05) is 24.2 Å². The fourth-order valence-electron chi connectivity index (χ4n) is 2.38. The van der Waals surface area contributed by atoms with Gasteiger partial charge in [-0.3, -0.25) is 0 Å². The number of hydrogen-bond acceptors (Lipinski definition) is 5. The summed E-state index contributed by atoms with van der Waals surface area (Å²) in [5, 5.41) is 3.81. The average Bonchev–Trinajstić information content (AvgIpc) is 2.94. The number of aromatic nitrogens is 2. The number of nitrogen functional groups attached to an aromatic ring is 1. The van der Waals surface area contributed by atoms with Gasteiger partial charge < -0.3 is 15.8 Å². The highest BCUT2D eigenvalue weighted by Crippen LogP contribution is 2.38. The number of hydrogen-bond donors (Lipinski definition) is 2. The zero-order valence-corrected chi connectivity index (χ0v) is 14.6. The molecule has 0 spiro atoms. The van der Waals surface area contributed by atoms with E-state index in [2.05, 4.69) is 31.2 Å². The Bertz CT molecular complexity index is 726. The van der Waals surface area contributed by atoms with Gasteiger partial charge in [-0.1, -0.05) is 11.6 Å². The van der Waals surface area contributed by atoms with Gasteiger partial charge in [0.15, 0.2) is 0 Å². The first-order chi connectivity index (χ1) is 10.6. The number of nitrogens with zero attached hydrogens (tertiary/aromatic N) is 2. The summed E-state index contributed by atoms with van der Waals surface area (Å²) >= 11 is 15.5. The van der Waals surface area contributed by atoms with Gasteiger partial charge in [-0.25, -0.2) is 9.97 Å². The molecule has 0 bridgehead atoms. The fourth-order valence-corrected chi connectivity index (χ4v) is 3.30. The van der Waals surface area contributed by atoms with Gasteiger partial charge in [0.25, 0.3) is 0 Å². The van der Waals surface area contributed by atoms with Crippen molar-refractivity contribution in [3.63, 3.8) is 0 Å². The first kappa shape index (κ1) is 15.8. The lowest BCUT2D eigenvalue weighted by molar-refractivity contribution is 0.341. The molecule has 0 radical (unpaired) electrons. The summed E-state index contributed by atoms with van der Waals surface area (Å²) in [6.45, 7) is 1.78. The lowest BCUT2D eigenvalue weighted by Gasteiger charge is -2.13. The summed E-state index contributed by atoms with van der Waals surface area (Å²) in [6, 6.07) is 3.63. The Hall–Kier alpha value is -1.08. The maximum absolute atomic E-state index is 6.39. The van der Waals surface area contributed by atoms with Crippen molar-refractivity contribution in [2.45, 2.75) is 13.1 Å². The zero-order chi connectivity index (χ0) is 15.7.